The Balaban J connectivity index is 1.78. The molecule has 128 valence electrons. The number of ether oxygens (including phenoxy) is 1. The van der Waals surface area contributed by atoms with Gasteiger partial charge in [0.1, 0.15) is 0 Å². The van der Waals surface area contributed by atoms with Gasteiger partial charge in [-0.1, -0.05) is 30.3 Å². The summed E-state index contributed by atoms with van der Waals surface area (Å²) < 4.78 is 5.80. The van der Waals surface area contributed by atoms with Crippen molar-refractivity contribution < 1.29 is 9.53 Å². The largest absolute Gasteiger partial charge is 0.373 e. The number of hydrogen-bond donors (Lipinski definition) is 1. The zero-order valence-electron chi connectivity index (χ0n) is 14.8. The molecule has 1 saturated heterocycles. The highest BCUT2D eigenvalue weighted by Gasteiger charge is 2.33. The molecule has 2 rings (SSSR count). The first-order chi connectivity index (χ1) is 10.9. The van der Waals surface area contributed by atoms with E-state index in [1.807, 2.05) is 18.2 Å². The van der Waals surface area contributed by atoms with E-state index in [4.69, 9.17) is 4.74 Å². The van der Waals surface area contributed by atoms with Crippen molar-refractivity contribution in [3.63, 3.8) is 0 Å². The summed E-state index contributed by atoms with van der Waals surface area (Å²) in [5, 5.41) is 3.10. The Kier molecular flexibility index (Phi) is 6.19. The van der Waals surface area contributed by atoms with E-state index in [2.05, 4.69) is 50.0 Å². The Morgan fingerprint density at radius 2 is 1.83 bits per heavy atom. The molecular weight excluding hydrogens is 288 g/mol. The second-order valence-electron chi connectivity index (χ2n) is 7.24. The average Bonchev–Trinajstić information content (AvgIpc) is 2.51. The Morgan fingerprint density at radius 3 is 2.43 bits per heavy atom. The van der Waals surface area contributed by atoms with Crippen LogP contribution in [0, 0.1) is 0 Å². The molecule has 1 aliphatic rings. The van der Waals surface area contributed by atoms with E-state index in [9.17, 15) is 4.79 Å². The van der Waals surface area contributed by atoms with Gasteiger partial charge in [0.2, 0.25) is 5.91 Å². The normalized spacial score (nSPS) is 22.8. The molecule has 0 saturated carbocycles. The smallest absolute Gasteiger partial charge is 0.220 e. The van der Waals surface area contributed by atoms with Crippen LogP contribution in [0.2, 0.25) is 0 Å². The quantitative estimate of drug-likeness (QED) is 0.877. The third kappa shape index (κ3) is 5.63. The van der Waals surface area contributed by atoms with E-state index in [0.717, 1.165) is 19.5 Å². The van der Waals surface area contributed by atoms with Crippen molar-refractivity contribution in [2.75, 3.05) is 19.6 Å². The van der Waals surface area contributed by atoms with E-state index in [-0.39, 0.29) is 23.7 Å². The van der Waals surface area contributed by atoms with Gasteiger partial charge >= 0.3 is 0 Å². The van der Waals surface area contributed by atoms with E-state index in [0.29, 0.717) is 13.0 Å². The molecule has 1 aromatic rings. The average molecular weight is 318 g/mol. The predicted octanol–water partition coefficient (Wildman–Crippen LogP) is 2.62. The SMILES string of the molecule is C[C@@H]1CN(C(C)(C)CNC(=O)CCc2ccccc2)C[C@H](C)O1. The monoisotopic (exact) mass is 318 g/mol. The molecule has 1 fully saturated rings. The van der Waals surface area contributed by atoms with Crippen LogP contribution in [-0.4, -0.2) is 48.2 Å². The van der Waals surface area contributed by atoms with Crippen molar-refractivity contribution in [3.8, 4) is 0 Å². The molecule has 0 unspecified atom stereocenters. The number of benzene rings is 1. The summed E-state index contributed by atoms with van der Waals surface area (Å²) in [5.74, 6) is 0.122. The molecule has 4 heteroatoms. The van der Waals surface area contributed by atoms with Crippen LogP contribution < -0.4 is 5.32 Å². The van der Waals surface area contributed by atoms with Gasteiger partial charge in [0.05, 0.1) is 12.2 Å². The molecule has 1 heterocycles. The minimum atomic E-state index is -0.0608. The maximum atomic E-state index is 12.1. The number of rotatable bonds is 6. The number of carbonyl (C=O) groups is 1. The Hall–Kier alpha value is -1.39. The molecular formula is C19H30N2O2. The van der Waals surface area contributed by atoms with Gasteiger partial charge < -0.3 is 10.1 Å². The molecule has 23 heavy (non-hydrogen) atoms. The van der Waals surface area contributed by atoms with Crippen molar-refractivity contribution in [1.82, 2.24) is 10.2 Å². The lowest BCUT2D eigenvalue weighted by molar-refractivity contribution is -0.122. The third-order valence-corrected chi connectivity index (χ3v) is 4.48. The lowest BCUT2D eigenvalue weighted by Crippen LogP contribution is -2.58. The summed E-state index contributed by atoms with van der Waals surface area (Å²) in [6.07, 6.45) is 1.81. The molecule has 1 aromatic carbocycles. The number of aryl methyl sites for hydroxylation is 1. The lowest BCUT2D eigenvalue weighted by Gasteiger charge is -2.45. The number of amides is 1. The second-order valence-corrected chi connectivity index (χ2v) is 7.24. The van der Waals surface area contributed by atoms with E-state index in [1.165, 1.54) is 5.56 Å². The first-order valence-electron chi connectivity index (χ1n) is 8.58. The van der Waals surface area contributed by atoms with Gasteiger partial charge in [0.15, 0.2) is 0 Å². The van der Waals surface area contributed by atoms with Gasteiger partial charge in [0.25, 0.3) is 0 Å². The van der Waals surface area contributed by atoms with Gasteiger partial charge in [-0.3, -0.25) is 9.69 Å². The van der Waals surface area contributed by atoms with Gasteiger partial charge in [-0.15, -0.1) is 0 Å². The lowest BCUT2D eigenvalue weighted by atomic mass is 10.00. The highest BCUT2D eigenvalue weighted by molar-refractivity contribution is 5.76. The van der Waals surface area contributed by atoms with E-state index >= 15 is 0 Å². The van der Waals surface area contributed by atoms with Crippen LogP contribution >= 0.6 is 0 Å². The summed E-state index contributed by atoms with van der Waals surface area (Å²) in [6, 6.07) is 10.1. The van der Waals surface area contributed by atoms with Crippen molar-refractivity contribution >= 4 is 5.91 Å². The van der Waals surface area contributed by atoms with Gasteiger partial charge in [0, 0.05) is 31.6 Å². The van der Waals surface area contributed by atoms with Gasteiger partial charge in [-0.25, -0.2) is 0 Å². The second kappa shape index (κ2) is 7.93. The van der Waals surface area contributed by atoms with Crippen LogP contribution in [-0.2, 0) is 16.0 Å². The molecule has 0 spiro atoms. The highest BCUT2D eigenvalue weighted by Crippen LogP contribution is 2.20. The highest BCUT2D eigenvalue weighted by atomic mass is 16.5. The van der Waals surface area contributed by atoms with Gasteiger partial charge in [-0.2, -0.15) is 0 Å². The predicted molar refractivity (Wildman–Crippen MR) is 93.4 cm³/mol. The first kappa shape index (κ1) is 18.0. The van der Waals surface area contributed by atoms with Crippen molar-refractivity contribution in [1.29, 1.82) is 0 Å². The van der Waals surface area contributed by atoms with Crippen LogP contribution in [0.3, 0.4) is 0 Å². The fraction of sp³-hybridized carbons (Fsp3) is 0.632. The van der Waals surface area contributed by atoms with Gasteiger partial charge in [-0.05, 0) is 39.7 Å². The van der Waals surface area contributed by atoms with Crippen LogP contribution in [0.4, 0.5) is 0 Å². The Labute approximate surface area is 140 Å². The topological polar surface area (TPSA) is 41.6 Å². The number of hydrogen-bond acceptors (Lipinski definition) is 3. The summed E-state index contributed by atoms with van der Waals surface area (Å²) >= 11 is 0. The number of carbonyl (C=O) groups excluding carboxylic acids is 1. The van der Waals surface area contributed by atoms with Crippen LogP contribution in [0.15, 0.2) is 30.3 Å². The minimum Gasteiger partial charge on any atom is -0.373 e. The maximum Gasteiger partial charge on any atom is 0.220 e. The summed E-state index contributed by atoms with van der Waals surface area (Å²) in [6.45, 7) is 11.1. The van der Waals surface area contributed by atoms with Crippen LogP contribution in [0.1, 0.15) is 39.7 Å². The number of morpholine rings is 1. The maximum absolute atomic E-state index is 12.1. The number of nitrogens with zero attached hydrogens (tertiary/aromatic N) is 1. The summed E-state index contributed by atoms with van der Waals surface area (Å²) in [4.78, 5) is 14.5. The fourth-order valence-electron chi connectivity index (χ4n) is 3.09. The standard InChI is InChI=1S/C19H30N2O2/c1-15-12-21(13-16(2)23-15)19(3,4)14-20-18(22)11-10-17-8-6-5-7-9-17/h5-9,15-16H,10-14H2,1-4H3,(H,20,22)/t15-,16+. The summed E-state index contributed by atoms with van der Waals surface area (Å²) in [7, 11) is 0. The van der Waals surface area contributed by atoms with E-state index in [1.54, 1.807) is 0 Å². The zero-order chi connectivity index (χ0) is 16.9. The Morgan fingerprint density at radius 1 is 1.22 bits per heavy atom. The molecule has 0 bridgehead atoms. The Bertz CT molecular complexity index is 491. The molecule has 0 aliphatic carbocycles. The molecule has 1 N–H and O–H groups in total. The fourth-order valence-corrected chi connectivity index (χ4v) is 3.09. The van der Waals surface area contributed by atoms with Crippen molar-refractivity contribution in [3.05, 3.63) is 35.9 Å². The first-order valence-corrected chi connectivity index (χ1v) is 8.58. The van der Waals surface area contributed by atoms with Crippen LogP contribution in [0.25, 0.3) is 0 Å². The molecule has 0 aromatic heterocycles. The molecule has 1 aliphatic heterocycles. The van der Waals surface area contributed by atoms with Crippen molar-refractivity contribution in [2.45, 2.75) is 58.3 Å². The van der Waals surface area contributed by atoms with E-state index < -0.39 is 0 Å². The molecule has 0 radical (unpaired) electrons. The third-order valence-electron chi connectivity index (χ3n) is 4.48. The zero-order valence-corrected chi connectivity index (χ0v) is 14.8. The van der Waals surface area contributed by atoms with Crippen molar-refractivity contribution in [2.24, 2.45) is 0 Å². The summed E-state index contributed by atoms with van der Waals surface area (Å²) in [5.41, 5.74) is 1.15. The molecule has 4 nitrogen and oxygen atoms in total. The molecule has 2 atom stereocenters. The van der Waals surface area contributed by atoms with Crippen LogP contribution in [0.5, 0.6) is 0 Å². The minimum absolute atomic E-state index is 0.0608. The number of nitrogens with one attached hydrogen (secondary N) is 1. The molecule has 1 amide bonds.